The number of aromatic nitrogens is 2. The van der Waals surface area contributed by atoms with Crippen molar-refractivity contribution in [2.75, 3.05) is 0 Å². The van der Waals surface area contributed by atoms with Gasteiger partial charge in [0.05, 0.1) is 15.6 Å². The Bertz CT molecular complexity index is 781. The van der Waals surface area contributed by atoms with Crippen molar-refractivity contribution in [2.24, 2.45) is 0 Å². The predicted molar refractivity (Wildman–Crippen MR) is 77.2 cm³/mol. The lowest BCUT2D eigenvalue weighted by atomic mass is 10.2. The fourth-order valence-corrected chi connectivity index (χ4v) is 2.75. The van der Waals surface area contributed by atoms with Gasteiger partial charge >= 0.3 is 0 Å². The van der Waals surface area contributed by atoms with Crippen LogP contribution in [0.25, 0.3) is 16.9 Å². The Balaban J connectivity index is 2.11. The van der Waals surface area contributed by atoms with Crippen LogP contribution < -0.4 is 0 Å². The zero-order valence-corrected chi connectivity index (χ0v) is 11.7. The van der Waals surface area contributed by atoms with Gasteiger partial charge in [-0.1, -0.05) is 17.7 Å². The number of thiophene rings is 1. The Labute approximate surface area is 123 Å². The molecule has 2 heterocycles. The molecule has 20 heavy (non-hydrogen) atoms. The Morgan fingerprint density at radius 2 is 2.20 bits per heavy atom. The van der Waals surface area contributed by atoms with Crippen molar-refractivity contribution in [2.45, 2.75) is 0 Å². The highest BCUT2D eigenvalue weighted by Gasteiger charge is 2.13. The molecule has 1 aromatic carbocycles. The first-order valence-electron chi connectivity index (χ1n) is 5.72. The van der Waals surface area contributed by atoms with Crippen LogP contribution in [0, 0.1) is 5.82 Å². The van der Waals surface area contributed by atoms with Gasteiger partial charge in [0.15, 0.2) is 6.29 Å². The lowest BCUT2D eigenvalue weighted by molar-refractivity contribution is 0.112. The quantitative estimate of drug-likeness (QED) is 0.680. The number of benzene rings is 1. The fourth-order valence-electron chi connectivity index (χ4n) is 1.88. The van der Waals surface area contributed by atoms with Crippen LogP contribution in [-0.4, -0.2) is 16.1 Å². The first-order chi connectivity index (χ1) is 9.67. The molecule has 0 fully saturated rings. The zero-order valence-electron chi connectivity index (χ0n) is 10.1. The molecule has 0 bridgehead atoms. The molecule has 3 aromatic rings. The maximum atomic E-state index is 13.2. The van der Waals surface area contributed by atoms with E-state index in [1.54, 1.807) is 24.4 Å². The summed E-state index contributed by atoms with van der Waals surface area (Å²) in [4.78, 5) is 11.2. The first kappa shape index (κ1) is 13.0. The molecule has 0 N–H and O–H groups in total. The highest BCUT2D eigenvalue weighted by atomic mass is 35.5. The first-order valence-corrected chi connectivity index (χ1v) is 6.98. The summed E-state index contributed by atoms with van der Waals surface area (Å²) < 4.78 is 15.3. The molecule has 0 amide bonds. The maximum Gasteiger partial charge on any atom is 0.153 e. The maximum absolute atomic E-state index is 13.2. The summed E-state index contributed by atoms with van der Waals surface area (Å²) in [5.41, 5.74) is 2.30. The highest BCUT2D eigenvalue weighted by Crippen LogP contribution is 2.30. The third-order valence-corrected chi connectivity index (χ3v) is 3.87. The van der Waals surface area contributed by atoms with Crippen molar-refractivity contribution in [3.05, 3.63) is 57.6 Å². The van der Waals surface area contributed by atoms with Gasteiger partial charge in [0.25, 0.3) is 0 Å². The second-order valence-corrected chi connectivity index (χ2v) is 5.66. The van der Waals surface area contributed by atoms with E-state index in [2.05, 4.69) is 5.10 Å². The van der Waals surface area contributed by atoms with Gasteiger partial charge in [-0.25, -0.2) is 9.07 Å². The van der Waals surface area contributed by atoms with E-state index < -0.39 is 0 Å². The number of hydrogen-bond donors (Lipinski definition) is 0. The van der Waals surface area contributed by atoms with E-state index >= 15 is 0 Å². The lowest BCUT2D eigenvalue weighted by Crippen LogP contribution is -1.95. The minimum absolute atomic E-state index is 0.356. The number of rotatable bonds is 3. The molecular formula is C14H8ClFN2OS. The van der Waals surface area contributed by atoms with Crippen LogP contribution in [0.3, 0.4) is 0 Å². The average molecular weight is 307 g/mol. The second-order valence-electron chi connectivity index (χ2n) is 4.11. The van der Waals surface area contributed by atoms with Gasteiger partial charge in [-0.2, -0.15) is 5.10 Å². The SMILES string of the molecule is O=Cc1cn(-c2cccc(F)c2)nc1-c1csc(Cl)c1. The Kier molecular flexibility index (Phi) is 3.38. The molecule has 0 radical (unpaired) electrons. The van der Waals surface area contributed by atoms with Crippen molar-refractivity contribution in [1.82, 2.24) is 9.78 Å². The summed E-state index contributed by atoms with van der Waals surface area (Å²) in [7, 11) is 0. The largest absolute Gasteiger partial charge is 0.298 e. The Morgan fingerprint density at radius 3 is 2.85 bits per heavy atom. The number of carbonyl (C=O) groups excluding carboxylic acids is 1. The Hall–Kier alpha value is -1.98. The zero-order chi connectivity index (χ0) is 14.1. The predicted octanol–water partition coefficient (Wildman–Crippen LogP) is 4.21. The monoisotopic (exact) mass is 306 g/mol. The van der Waals surface area contributed by atoms with Gasteiger partial charge in [0.1, 0.15) is 11.5 Å². The fraction of sp³-hybridized carbons (Fsp3) is 0. The normalized spacial score (nSPS) is 10.7. The molecule has 6 heteroatoms. The topological polar surface area (TPSA) is 34.9 Å². The summed E-state index contributed by atoms with van der Waals surface area (Å²) in [5, 5.41) is 6.17. The molecule has 0 saturated carbocycles. The van der Waals surface area contributed by atoms with Crippen molar-refractivity contribution >= 4 is 29.2 Å². The molecule has 2 aromatic heterocycles. The third kappa shape index (κ3) is 2.37. The van der Waals surface area contributed by atoms with Crippen LogP contribution >= 0.6 is 22.9 Å². The lowest BCUT2D eigenvalue weighted by Gasteiger charge is -2.00. The number of hydrogen-bond acceptors (Lipinski definition) is 3. The smallest absolute Gasteiger partial charge is 0.153 e. The van der Waals surface area contributed by atoms with Crippen molar-refractivity contribution < 1.29 is 9.18 Å². The minimum atomic E-state index is -0.356. The van der Waals surface area contributed by atoms with Crippen LogP contribution in [0.2, 0.25) is 4.34 Å². The van der Waals surface area contributed by atoms with E-state index in [0.29, 0.717) is 21.3 Å². The molecule has 3 nitrogen and oxygen atoms in total. The van der Waals surface area contributed by atoms with Crippen LogP contribution in [0.4, 0.5) is 4.39 Å². The molecule has 0 spiro atoms. The number of aldehydes is 1. The number of nitrogens with zero attached hydrogens (tertiary/aromatic N) is 2. The van der Waals surface area contributed by atoms with E-state index in [1.807, 2.05) is 5.38 Å². The molecule has 0 aliphatic heterocycles. The summed E-state index contributed by atoms with van der Waals surface area (Å²) in [6, 6.07) is 7.76. The Morgan fingerprint density at radius 1 is 1.35 bits per heavy atom. The van der Waals surface area contributed by atoms with Gasteiger partial charge in [-0.3, -0.25) is 4.79 Å². The van der Waals surface area contributed by atoms with Crippen LogP contribution in [0.1, 0.15) is 10.4 Å². The molecule has 0 atom stereocenters. The molecule has 0 aliphatic rings. The molecule has 3 rings (SSSR count). The number of halogens is 2. The van der Waals surface area contributed by atoms with E-state index in [9.17, 15) is 9.18 Å². The van der Waals surface area contributed by atoms with Gasteiger partial charge < -0.3 is 0 Å². The van der Waals surface area contributed by atoms with E-state index in [0.717, 1.165) is 11.8 Å². The summed E-state index contributed by atoms with van der Waals surface area (Å²) in [6.45, 7) is 0. The van der Waals surface area contributed by atoms with Crippen molar-refractivity contribution in [3.8, 4) is 16.9 Å². The molecule has 100 valence electrons. The summed E-state index contributed by atoms with van der Waals surface area (Å²) >= 11 is 7.26. The van der Waals surface area contributed by atoms with E-state index in [1.165, 1.54) is 28.2 Å². The highest BCUT2D eigenvalue weighted by molar-refractivity contribution is 7.14. The van der Waals surface area contributed by atoms with Gasteiger partial charge in [0.2, 0.25) is 0 Å². The van der Waals surface area contributed by atoms with E-state index in [4.69, 9.17) is 11.6 Å². The van der Waals surface area contributed by atoms with E-state index in [-0.39, 0.29) is 5.82 Å². The van der Waals surface area contributed by atoms with Crippen LogP contribution in [-0.2, 0) is 0 Å². The summed E-state index contributed by atoms with van der Waals surface area (Å²) in [5.74, 6) is -0.356. The van der Waals surface area contributed by atoms with Gasteiger partial charge in [0, 0.05) is 17.1 Å². The van der Waals surface area contributed by atoms with Crippen LogP contribution in [0.5, 0.6) is 0 Å². The van der Waals surface area contributed by atoms with Crippen molar-refractivity contribution in [3.63, 3.8) is 0 Å². The average Bonchev–Trinajstić information content (AvgIpc) is 3.04. The molecule has 0 aliphatic carbocycles. The van der Waals surface area contributed by atoms with Gasteiger partial charge in [-0.05, 0) is 24.3 Å². The minimum Gasteiger partial charge on any atom is -0.298 e. The molecule has 0 unspecified atom stereocenters. The van der Waals surface area contributed by atoms with Gasteiger partial charge in [-0.15, -0.1) is 11.3 Å². The van der Waals surface area contributed by atoms with Crippen molar-refractivity contribution in [1.29, 1.82) is 0 Å². The summed E-state index contributed by atoms with van der Waals surface area (Å²) in [6.07, 6.45) is 2.30. The second kappa shape index (κ2) is 5.19. The molecular weight excluding hydrogens is 299 g/mol. The standard InChI is InChI=1S/C14H8ClFN2OS/c15-13-4-9(8-20-13)14-10(7-19)6-18(17-14)12-3-1-2-11(16)5-12/h1-8H. The number of carbonyl (C=O) groups is 1. The third-order valence-electron chi connectivity index (χ3n) is 2.78. The van der Waals surface area contributed by atoms with Crippen LogP contribution in [0.15, 0.2) is 41.9 Å². The molecule has 0 saturated heterocycles.